The second-order valence-corrected chi connectivity index (χ2v) is 4.45. The zero-order valence-corrected chi connectivity index (χ0v) is 13.0. The number of aromatic nitrogens is 3. The summed E-state index contributed by atoms with van der Waals surface area (Å²) in [5.41, 5.74) is 2.49. The number of carbonyl (C=O) groups is 1. The number of rotatable bonds is 6. The van der Waals surface area contributed by atoms with Gasteiger partial charge >= 0.3 is 0 Å². The van der Waals surface area contributed by atoms with E-state index in [1.54, 1.807) is 11.0 Å². The van der Waals surface area contributed by atoms with E-state index in [-0.39, 0.29) is 18.3 Å². The highest BCUT2D eigenvalue weighted by Gasteiger charge is 2.09. The minimum Gasteiger partial charge on any atom is -0.351 e. The fourth-order valence-electron chi connectivity index (χ4n) is 1.92. The summed E-state index contributed by atoms with van der Waals surface area (Å²) in [5.74, 6) is -0.0504. The van der Waals surface area contributed by atoms with Crippen molar-refractivity contribution in [3.63, 3.8) is 0 Å². The van der Waals surface area contributed by atoms with Crippen LogP contribution in [0.15, 0.2) is 30.9 Å². The smallest absolute Gasteiger partial charge is 0.251 e. The van der Waals surface area contributed by atoms with Crippen LogP contribution in [-0.4, -0.2) is 40.3 Å². The Morgan fingerprint density at radius 1 is 1.33 bits per heavy atom. The molecule has 0 fully saturated rings. The molecule has 2 aromatic rings. The number of benzene rings is 1. The van der Waals surface area contributed by atoms with Crippen molar-refractivity contribution < 1.29 is 4.79 Å². The van der Waals surface area contributed by atoms with Gasteiger partial charge in [-0.1, -0.05) is 6.92 Å². The maximum absolute atomic E-state index is 12.1. The molecule has 2 N–H and O–H groups in total. The average Bonchev–Trinajstić information content (AvgIpc) is 2.97. The van der Waals surface area contributed by atoms with Gasteiger partial charge in [0.25, 0.3) is 5.91 Å². The Labute approximate surface area is 130 Å². The van der Waals surface area contributed by atoms with Gasteiger partial charge in [-0.05, 0) is 37.2 Å². The molecule has 1 heterocycles. The van der Waals surface area contributed by atoms with Crippen molar-refractivity contribution in [3.8, 4) is 5.69 Å². The molecule has 1 aromatic carbocycles. The van der Waals surface area contributed by atoms with Crippen LogP contribution in [0.25, 0.3) is 5.69 Å². The summed E-state index contributed by atoms with van der Waals surface area (Å²) >= 11 is 0. The van der Waals surface area contributed by atoms with Crippen molar-refractivity contribution in [1.82, 2.24) is 25.4 Å². The van der Waals surface area contributed by atoms with Crippen LogP contribution in [0.3, 0.4) is 0 Å². The van der Waals surface area contributed by atoms with Crippen molar-refractivity contribution in [3.05, 3.63) is 42.0 Å². The standard InChI is InChI=1S/C14H19N5O.ClH/c1-3-15-6-7-17-14(20)13-5-4-12(8-11(13)2)19-10-16-9-18-19;/h4-5,8-10,15H,3,6-7H2,1-2H3,(H,17,20);1H. The lowest BCUT2D eigenvalue weighted by molar-refractivity contribution is 0.0953. The minimum atomic E-state index is -0.0504. The number of aryl methyl sites for hydroxylation is 1. The Bertz CT molecular complexity index is 571. The second-order valence-electron chi connectivity index (χ2n) is 4.45. The van der Waals surface area contributed by atoms with Crippen LogP contribution in [0, 0.1) is 6.92 Å². The minimum absolute atomic E-state index is 0. The largest absolute Gasteiger partial charge is 0.351 e. The molecular formula is C14H20ClN5O. The second kappa shape index (κ2) is 8.39. The van der Waals surface area contributed by atoms with Crippen LogP contribution >= 0.6 is 12.4 Å². The fourth-order valence-corrected chi connectivity index (χ4v) is 1.92. The van der Waals surface area contributed by atoms with Gasteiger partial charge in [0.1, 0.15) is 12.7 Å². The van der Waals surface area contributed by atoms with Gasteiger partial charge in [0.2, 0.25) is 0 Å². The molecule has 21 heavy (non-hydrogen) atoms. The van der Waals surface area contributed by atoms with E-state index >= 15 is 0 Å². The number of carbonyl (C=O) groups excluding carboxylic acids is 1. The fraction of sp³-hybridized carbons (Fsp3) is 0.357. The Hall–Kier alpha value is -1.92. The van der Waals surface area contributed by atoms with E-state index in [1.165, 1.54) is 6.33 Å². The maximum Gasteiger partial charge on any atom is 0.251 e. The van der Waals surface area contributed by atoms with Crippen LogP contribution in [0.5, 0.6) is 0 Å². The summed E-state index contributed by atoms with van der Waals surface area (Å²) in [5, 5.41) is 10.1. The third-order valence-corrected chi connectivity index (χ3v) is 2.98. The van der Waals surface area contributed by atoms with Gasteiger partial charge in [0.15, 0.2) is 0 Å². The molecule has 0 saturated carbocycles. The Balaban J connectivity index is 0.00000220. The first-order chi connectivity index (χ1) is 9.72. The lowest BCUT2D eigenvalue weighted by Gasteiger charge is -2.09. The molecule has 114 valence electrons. The zero-order chi connectivity index (χ0) is 14.4. The van der Waals surface area contributed by atoms with Gasteiger partial charge in [-0.3, -0.25) is 4.79 Å². The molecule has 0 bridgehead atoms. The zero-order valence-electron chi connectivity index (χ0n) is 12.2. The summed E-state index contributed by atoms with van der Waals surface area (Å²) < 4.78 is 1.67. The summed E-state index contributed by atoms with van der Waals surface area (Å²) in [6, 6.07) is 5.60. The third-order valence-electron chi connectivity index (χ3n) is 2.98. The molecule has 7 heteroatoms. The molecule has 6 nitrogen and oxygen atoms in total. The van der Waals surface area contributed by atoms with Crippen LogP contribution in [0.4, 0.5) is 0 Å². The van der Waals surface area contributed by atoms with Gasteiger partial charge in [-0.2, -0.15) is 5.10 Å². The highest BCUT2D eigenvalue weighted by Crippen LogP contribution is 2.13. The molecule has 0 atom stereocenters. The molecule has 0 radical (unpaired) electrons. The highest BCUT2D eigenvalue weighted by atomic mass is 35.5. The molecule has 0 aliphatic carbocycles. The normalized spacial score (nSPS) is 10.0. The monoisotopic (exact) mass is 309 g/mol. The molecule has 0 spiro atoms. The Morgan fingerprint density at radius 3 is 2.76 bits per heavy atom. The van der Waals surface area contributed by atoms with Crippen molar-refractivity contribution in [2.75, 3.05) is 19.6 Å². The first kappa shape index (κ1) is 17.1. The van der Waals surface area contributed by atoms with Gasteiger partial charge < -0.3 is 10.6 Å². The molecule has 0 aliphatic rings. The summed E-state index contributed by atoms with van der Waals surface area (Å²) in [4.78, 5) is 16.0. The van der Waals surface area contributed by atoms with Crippen LogP contribution in [0.2, 0.25) is 0 Å². The highest BCUT2D eigenvalue weighted by molar-refractivity contribution is 5.95. The van der Waals surface area contributed by atoms with Crippen LogP contribution < -0.4 is 10.6 Å². The predicted octanol–water partition coefficient (Wildman–Crippen LogP) is 1.34. The molecule has 0 aliphatic heterocycles. The average molecular weight is 310 g/mol. The van der Waals surface area contributed by atoms with Gasteiger partial charge in [0, 0.05) is 18.7 Å². The van der Waals surface area contributed by atoms with E-state index in [4.69, 9.17) is 0 Å². The van der Waals surface area contributed by atoms with Crippen LogP contribution in [0.1, 0.15) is 22.8 Å². The van der Waals surface area contributed by atoms with Crippen molar-refractivity contribution in [1.29, 1.82) is 0 Å². The number of amides is 1. The van der Waals surface area contributed by atoms with E-state index < -0.39 is 0 Å². The first-order valence-corrected chi connectivity index (χ1v) is 6.67. The van der Waals surface area contributed by atoms with E-state index in [1.807, 2.05) is 32.0 Å². The van der Waals surface area contributed by atoms with Crippen molar-refractivity contribution in [2.45, 2.75) is 13.8 Å². The van der Waals surface area contributed by atoms with Crippen molar-refractivity contribution in [2.24, 2.45) is 0 Å². The van der Waals surface area contributed by atoms with Gasteiger partial charge in [-0.25, -0.2) is 9.67 Å². The summed E-state index contributed by atoms with van der Waals surface area (Å²) in [6.45, 7) is 6.26. The van der Waals surface area contributed by atoms with Gasteiger partial charge in [-0.15, -0.1) is 12.4 Å². The number of nitrogens with zero attached hydrogens (tertiary/aromatic N) is 3. The predicted molar refractivity (Wildman–Crippen MR) is 84.2 cm³/mol. The molecular weight excluding hydrogens is 290 g/mol. The van der Waals surface area contributed by atoms with E-state index in [0.717, 1.165) is 24.3 Å². The summed E-state index contributed by atoms with van der Waals surface area (Å²) in [7, 11) is 0. The Kier molecular flexibility index (Phi) is 6.84. The van der Waals surface area contributed by atoms with Crippen LogP contribution in [-0.2, 0) is 0 Å². The molecule has 0 unspecified atom stereocenters. The lowest BCUT2D eigenvalue weighted by atomic mass is 10.1. The quantitative estimate of drug-likeness (QED) is 0.790. The topological polar surface area (TPSA) is 71.8 Å². The van der Waals surface area contributed by atoms with Crippen molar-refractivity contribution >= 4 is 18.3 Å². The lowest BCUT2D eigenvalue weighted by Crippen LogP contribution is -2.32. The van der Waals surface area contributed by atoms with Gasteiger partial charge in [0.05, 0.1) is 5.69 Å². The number of likely N-dealkylation sites (N-methyl/N-ethyl adjacent to an activating group) is 1. The molecule has 1 aromatic heterocycles. The SMILES string of the molecule is CCNCCNC(=O)c1ccc(-n2cncn2)cc1C.Cl. The molecule has 0 saturated heterocycles. The Morgan fingerprint density at radius 2 is 2.14 bits per heavy atom. The molecule has 1 amide bonds. The first-order valence-electron chi connectivity index (χ1n) is 6.67. The van der Waals surface area contributed by atoms with E-state index in [9.17, 15) is 4.79 Å². The number of hydrogen-bond donors (Lipinski definition) is 2. The maximum atomic E-state index is 12.1. The number of nitrogens with one attached hydrogen (secondary N) is 2. The summed E-state index contributed by atoms with van der Waals surface area (Å²) in [6.07, 6.45) is 3.11. The van der Waals surface area contributed by atoms with E-state index in [0.29, 0.717) is 12.1 Å². The number of hydrogen-bond acceptors (Lipinski definition) is 4. The number of halogens is 1. The third kappa shape index (κ3) is 4.54. The van der Waals surface area contributed by atoms with E-state index in [2.05, 4.69) is 20.7 Å². The molecule has 2 rings (SSSR count).